The highest BCUT2D eigenvalue weighted by molar-refractivity contribution is 6.33. The minimum atomic E-state index is 0.476. The van der Waals surface area contributed by atoms with E-state index in [1.165, 1.54) is 0 Å². The molecule has 6 nitrogen and oxygen atoms in total. The summed E-state index contributed by atoms with van der Waals surface area (Å²) in [5, 5.41) is 9.38. The molecular formula is C15H15ClN6. The average molecular weight is 315 g/mol. The van der Waals surface area contributed by atoms with Gasteiger partial charge in [0.15, 0.2) is 0 Å². The smallest absolute Gasteiger partial charge is 0.147 e. The van der Waals surface area contributed by atoms with Crippen molar-refractivity contribution in [3.8, 4) is 6.07 Å². The second-order valence-electron chi connectivity index (χ2n) is 5.08. The standard InChI is InChI=1S/C15H15ClN6/c1-11-18-3-2-14(20-11)21-4-6-22(7-5-21)15-13(16)8-12(9-17)10-19-15/h2-3,8,10H,4-7H2,1H3. The van der Waals surface area contributed by atoms with E-state index in [1.54, 1.807) is 18.5 Å². The highest BCUT2D eigenvalue weighted by Gasteiger charge is 2.21. The molecule has 0 atom stereocenters. The van der Waals surface area contributed by atoms with Crippen LogP contribution in [0, 0.1) is 18.3 Å². The Morgan fingerprint density at radius 3 is 2.55 bits per heavy atom. The van der Waals surface area contributed by atoms with Gasteiger partial charge >= 0.3 is 0 Å². The van der Waals surface area contributed by atoms with Gasteiger partial charge in [0, 0.05) is 38.6 Å². The second kappa shape index (κ2) is 6.16. The van der Waals surface area contributed by atoms with Crippen molar-refractivity contribution in [1.29, 1.82) is 5.26 Å². The van der Waals surface area contributed by atoms with Gasteiger partial charge in [0.2, 0.25) is 0 Å². The summed E-state index contributed by atoms with van der Waals surface area (Å²) in [6.07, 6.45) is 3.34. The third kappa shape index (κ3) is 2.95. The third-order valence-corrected chi connectivity index (χ3v) is 3.89. The third-order valence-electron chi connectivity index (χ3n) is 3.62. The van der Waals surface area contributed by atoms with Crippen molar-refractivity contribution in [3.05, 3.63) is 40.9 Å². The number of nitriles is 1. The lowest BCUT2D eigenvalue weighted by Crippen LogP contribution is -2.47. The Labute approximate surface area is 134 Å². The molecule has 2 aromatic rings. The van der Waals surface area contributed by atoms with Gasteiger partial charge in [-0.2, -0.15) is 5.26 Å². The number of aromatic nitrogens is 3. The fourth-order valence-corrected chi connectivity index (χ4v) is 2.78. The zero-order valence-electron chi connectivity index (χ0n) is 12.2. The maximum absolute atomic E-state index is 8.87. The van der Waals surface area contributed by atoms with Gasteiger partial charge in [0.25, 0.3) is 0 Å². The van der Waals surface area contributed by atoms with Crippen LogP contribution in [0.15, 0.2) is 24.5 Å². The number of hydrogen-bond acceptors (Lipinski definition) is 6. The topological polar surface area (TPSA) is 68.9 Å². The molecule has 3 rings (SSSR count). The molecule has 112 valence electrons. The summed E-state index contributed by atoms with van der Waals surface area (Å²) < 4.78 is 0. The number of hydrogen-bond donors (Lipinski definition) is 0. The summed E-state index contributed by atoms with van der Waals surface area (Å²) in [6.45, 7) is 5.19. The largest absolute Gasteiger partial charge is 0.353 e. The first-order valence-corrected chi connectivity index (χ1v) is 7.40. The summed E-state index contributed by atoms with van der Waals surface area (Å²) in [5.41, 5.74) is 0.476. The summed E-state index contributed by atoms with van der Waals surface area (Å²) in [4.78, 5) is 17.2. The Bertz CT molecular complexity index is 718. The normalized spacial score (nSPS) is 14.8. The predicted octanol–water partition coefficient (Wildman–Crippen LogP) is 2.03. The minimum absolute atomic E-state index is 0.476. The van der Waals surface area contributed by atoms with Crippen LogP contribution >= 0.6 is 11.6 Å². The molecule has 0 unspecified atom stereocenters. The summed E-state index contributed by atoms with van der Waals surface area (Å²) in [5.74, 6) is 2.46. The summed E-state index contributed by atoms with van der Waals surface area (Å²) in [6, 6.07) is 5.63. The molecular weight excluding hydrogens is 300 g/mol. The van der Waals surface area contributed by atoms with Crippen LogP contribution in [0.4, 0.5) is 11.6 Å². The van der Waals surface area contributed by atoms with Crippen LogP contribution in [0.5, 0.6) is 0 Å². The van der Waals surface area contributed by atoms with E-state index >= 15 is 0 Å². The molecule has 2 aromatic heterocycles. The zero-order valence-corrected chi connectivity index (χ0v) is 13.0. The fraction of sp³-hybridized carbons (Fsp3) is 0.333. The Morgan fingerprint density at radius 2 is 1.91 bits per heavy atom. The Morgan fingerprint density at radius 1 is 1.18 bits per heavy atom. The number of nitrogens with zero attached hydrogens (tertiary/aromatic N) is 6. The Hall–Kier alpha value is -2.39. The van der Waals surface area contributed by atoms with E-state index in [2.05, 4.69) is 24.8 Å². The summed E-state index contributed by atoms with van der Waals surface area (Å²) in [7, 11) is 0. The van der Waals surface area contributed by atoms with Crippen LogP contribution in [0.25, 0.3) is 0 Å². The lowest BCUT2D eigenvalue weighted by atomic mass is 10.2. The maximum Gasteiger partial charge on any atom is 0.147 e. The molecule has 1 saturated heterocycles. The van der Waals surface area contributed by atoms with Crippen molar-refractivity contribution in [3.63, 3.8) is 0 Å². The molecule has 3 heterocycles. The van der Waals surface area contributed by atoms with E-state index in [9.17, 15) is 0 Å². The molecule has 0 N–H and O–H groups in total. The van der Waals surface area contributed by atoms with Crippen LogP contribution in [0.3, 0.4) is 0 Å². The molecule has 7 heteroatoms. The van der Waals surface area contributed by atoms with Crippen molar-refractivity contribution >= 4 is 23.2 Å². The maximum atomic E-state index is 8.87. The molecule has 0 radical (unpaired) electrons. The average Bonchev–Trinajstić information content (AvgIpc) is 2.55. The Balaban J connectivity index is 1.71. The minimum Gasteiger partial charge on any atom is -0.353 e. The van der Waals surface area contributed by atoms with Gasteiger partial charge < -0.3 is 9.80 Å². The van der Waals surface area contributed by atoms with E-state index in [-0.39, 0.29) is 0 Å². The number of aryl methyl sites for hydroxylation is 1. The van der Waals surface area contributed by atoms with Crippen molar-refractivity contribution in [2.75, 3.05) is 36.0 Å². The van der Waals surface area contributed by atoms with E-state index in [0.717, 1.165) is 43.6 Å². The molecule has 1 fully saturated rings. The molecule has 1 aliphatic rings. The highest BCUT2D eigenvalue weighted by atomic mass is 35.5. The predicted molar refractivity (Wildman–Crippen MR) is 85.2 cm³/mol. The van der Waals surface area contributed by atoms with Crippen molar-refractivity contribution in [1.82, 2.24) is 15.0 Å². The van der Waals surface area contributed by atoms with Gasteiger partial charge in [0.1, 0.15) is 23.5 Å². The molecule has 0 aliphatic carbocycles. The molecule has 0 spiro atoms. The van der Waals surface area contributed by atoms with Crippen LogP contribution in [0.2, 0.25) is 5.02 Å². The zero-order chi connectivity index (χ0) is 15.5. The number of piperazine rings is 1. The molecule has 1 aliphatic heterocycles. The highest BCUT2D eigenvalue weighted by Crippen LogP contribution is 2.25. The van der Waals surface area contributed by atoms with Crippen molar-refractivity contribution in [2.24, 2.45) is 0 Å². The van der Waals surface area contributed by atoms with Gasteiger partial charge in [-0.25, -0.2) is 15.0 Å². The van der Waals surface area contributed by atoms with Crippen molar-refractivity contribution in [2.45, 2.75) is 6.92 Å². The Kier molecular flexibility index (Phi) is 4.07. The van der Waals surface area contributed by atoms with Crippen LogP contribution in [0.1, 0.15) is 11.4 Å². The number of anilines is 2. The van der Waals surface area contributed by atoms with E-state index in [0.29, 0.717) is 10.6 Å². The molecule has 22 heavy (non-hydrogen) atoms. The lowest BCUT2D eigenvalue weighted by Gasteiger charge is -2.36. The van der Waals surface area contributed by atoms with Crippen LogP contribution in [-0.4, -0.2) is 41.1 Å². The van der Waals surface area contributed by atoms with Gasteiger partial charge in [-0.3, -0.25) is 0 Å². The number of pyridine rings is 1. The molecule has 0 amide bonds. The SMILES string of the molecule is Cc1nccc(N2CCN(c3ncc(C#N)cc3Cl)CC2)n1. The van der Waals surface area contributed by atoms with Crippen LogP contribution < -0.4 is 9.80 Å². The molecule has 0 aromatic carbocycles. The second-order valence-corrected chi connectivity index (χ2v) is 5.48. The first-order valence-electron chi connectivity index (χ1n) is 7.02. The number of halogens is 1. The van der Waals surface area contributed by atoms with E-state index < -0.39 is 0 Å². The van der Waals surface area contributed by atoms with E-state index in [4.69, 9.17) is 16.9 Å². The summed E-state index contributed by atoms with van der Waals surface area (Å²) >= 11 is 6.23. The first-order chi connectivity index (χ1) is 10.7. The van der Waals surface area contributed by atoms with Gasteiger partial charge in [-0.05, 0) is 19.1 Å². The lowest BCUT2D eigenvalue weighted by molar-refractivity contribution is 0.640. The van der Waals surface area contributed by atoms with Gasteiger partial charge in [-0.1, -0.05) is 11.6 Å². The van der Waals surface area contributed by atoms with Gasteiger partial charge in [-0.15, -0.1) is 0 Å². The quantitative estimate of drug-likeness (QED) is 0.845. The monoisotopic (exact) mass is 314 g/mol. The van der Waals surface area contributed by atoms with E-state index in [1.807, 2.05) is 19.1 Å². The van der Waals surface area contributed by atoms with Gasteiger partial charge in [0.05, 0.1) is 10.6 Å². The first kappa shape index (κ1) is 14.5. The van der Waals surface area contributed by atoms with Crippen molar-refractivity contribution < 1.29 is 0 Å². The molecule has 0 saturated carbocycles. The van der Waals surface area contributed by atoms with Crippen LogP contribution in [-0.2, 0) is 0 Å². The fourth-order valence-electron chi connectivity index (χ4n) is 2.49. The number of rotatable bonds is 2. The molecule has 0 bridgehead atoms.